The number of benzene rings is 1. The lowest BCUT2D eigenvalue weighted by atomic mass is 10.1. The first-order chi connectivity index (χ1) is 7.44. The van der Waals surface area contributed by atoms with Crippen LogP contribution in [0.25, 0.3) is 0 Å². The zero-order chi connectivity index (χ0) is 12.2. The van der Waals surface area contributed by atoms with E-state index in [1.54, 1.807) is 13.2 Å². The molecule has 1 aromatic rings. The molecule has 0 heterocycles. The SMILES string of the molecule is COc1ccccc1[C@H](N)CNS(C)(=O)=O. The second-order valence-corrected chi connectivity index (χ2v) is 5.30. The largest absolute Gasteiger partial charge is 0.496 e. The van der Waals surface area contributed by atoms with Crippen molar-refractivity contribution in [3.05, 3.63) is 29.8 Å². The minimum Gasteiger partial charge on any atom is -0.496 e. The van der Waals surface area contributed by atoms with Crippen molar-refractivity contribution >= 4 is 10.0 Å². The first-order valence-corrected chi connectivity index (χ1v) is 6.66. The van der Waals surface area contributed by atoms with Crippen molar-refractivity contribution in [1.29, 1.82) is 0 Å². The van der Waals surface area contributed by atoms with E-state index in [1.807, 2.05) is 18.2 Å². The fraction of sp³-hybridized carbons (Fsp3) is 0.400. The minimum atomic E-state index is -3.22. The molecule has 0 unspecified atom stereocenters. The van der Waals surface area contributed by atoms with E-state index < -0.39 is 16.1 Å². The van der Waals surface area contributed by atoms with Crippen LogP contribution in [0.1, 0.15) is 11.6 Å². The molecule has 16 heavy (non-hydrogen) atoms. The second-order valence-electron chi connectivity index (χ2n) is 3.47. The predicted molar refractivity (Wildman–Crippen MR) is 62.8 cm³/mol. The van der Waals surface area contributed by atoms with Gasteiger partial charge in [0.25, 0.3) is 0 Å². The van der Waals surface area contributed by atoms with Crippen LogP contribution in [0.4, 0.5) is 0 Å². The molecule has 0 bridgehead atoms. The lowest BCUT2D eigenvalue weighted by Gasteiger charge is -2.15. The molecule has 90 valence electrons. The van der Waals surface area contributed by atoms with Gasteiger partial charge in [-0.3, -0.25) is 0 Å². The average Bonchev–Trinajstić information content (AvgIpc) is 2.25. The number of nitrogens with two attached hydrogens (primary N) is 1. The van der Waals surface area contributed by atoms with Gasteiger partial charge in [-0.05, 0) is 6.07 Å². The predicted octanol–water partition coefficient (Wildman–Crippen LogP) is 0.244. The van der Waals surface area contributed by atoms with Gasteiger partial charge in [0.2, 0.25) is 10.0 Å². The van der Waals surface area contributed by atoms with Gasteiger partial charge in [-0.25, -0.2) is 13.1 Å². The lowest BCUT2D eigenvalue weighted by Crippen LogP contribution is -2.31. The maximum absolute atomic E-state index is 10.9. The van der Waals surface area contributed by atoms with E-state index in [9.17, 15) is 8.42 Å². The number of hydrogen-bond donors (Lipinski definition) is 2. The maximum atomic E-state index is 10.9. The van der Waals surface area contributed by atoms with Crippen molar-refractivity contribution in [2.45, 2.75) is 6.04 Å². The molecule has 0 aliphatic heterocycles. The van der Waals surface area contributed by atoms with Crippen molar-refractivity contribution in [3.8, 4) is 5.75 Å². The topological polar surface area (TPSA) is 81.4 Å². The van der Waals surface area contributed by atoms with Crippen LogP contribution in [0.3, 0.4) is 0 Å². The molecule has 1 aromatic carbocycles. The highest BCUT2D eigenvalue weighted by Crippen LogP contribution is 2.22. The van der Waals surface area contributed by atoms with Gasteiger partial charge in [0.05, 0.1) is 13.4 Å². The van der Waals surface area contributed by atoms with Crippen LogP contribution < -0.4 is 15.2 Å². The van der Waals surface area contributed by atoms with Crippen LogP contribution >= 0.6 is 0 Å². The summed E-state index contributed by atoms with van der Waals surface area (Å²) in [5.41, 5.74) is 6.65. The first-order valence-electron chi connectivity index (χ1n) is 4.77. The molecular weight excluding hydrogens is 228 g/mol. The smallest absolute Gasteiger partial charge is 0.208 e. The summed E-state index contributed by atoms with van der Waals surface area (Å²) >= 11 is 0. The maximum Gasteiger partial charge on any atom is 0.208 e. The van der Waals surface area contributed by atoms with Gasteiger partial charge in [0.1, 0.15) is 5.75 Å². The summed E-state index contributed by atoms with van der Waals surface area (Å²) in [7, 11) is -1.67. The van der Waals surface area contributed by atoms with E-state index in [0.29, 0.717) is 5.75 Å². The molecular formula is C10H16N2O3S. The molecule has 1 rings (SSSR count). The summed E-state index contributed by atoms with van der Waals surface area (Å²) in [4.78, 5) is 0. The van der Waals surface area contributed by atoms with Gasteiger partial charge in [-0.2, -0.15) is 0 Å². The fourth-order valence-electron chi connectivity index (χ4n) is 1.32. The van der Waals surface area contributed by atoms with Crippen molar-refractivity contribution in [2.24, 2.45) is 5.73 Å². The monoisotopic (exact) mass is 244 g/mol. The van der Waals surface area contributed by atoms with Crippen LogP contribution in [-0.4, -0.2) is 28.3 Å². The molecule has 1 atom stereocenters. The summed E-state index contributed by atoms with van der Waals surface area (Å²) < 4.78 is 29.4. The molecule has 5 nitrogen and oxygen atoms in total. The minimum absolute atomic E-state index is 0.152. The van der Waals surface area contributed by atoms with E-state index in [1.165, 1.54) is 0 Å². The first kappa shape index (κ1) is 13.0. The van der Waals surface area contributed by atoms with E-state index in [0.717, 1.165) is 11.8 Å². The molecule has 3 N–H and O–H groups in total. The molecule has 0 aliphatic carbocycles. The van der Waals surface area contributed by atoms with Crippen molar-refractivity contribution in [2.75, 3.05) is 19.9 Å². The van der Waals surface area contributed by atoms with Crippen LogP contribution in [0.15, 0.2) is 24.3 Å². The molecule has 0 saturated heterocycles. The van der Waals surface area contributed by atoms with Gasteiger partial charge in [0, 0.05) is 18.2 Å². The standard InChI is InChI=1S/C10H16N2O3S/c1-15-10-6-4-3-5-8(10)9(11)7-12-16(2,13)14/h3-6,9,12H,7,11H2,1-2H3/t9-/m1/s1. The van der Waals surface area contributed by atoms with Gasteiger partial charge < -0.3 is 10.5 Å². The number of para-hydroxylation sites is 1. The fourth-order valence-corrected chi connectivity index (χ4v) is 1.81. The zero-order valence-electron chi connectivity index (χ0n) is 9.30. The van der Waals surface area contributed by atoms with Gasteiger partial charge in [-0.15, -0.1) is 0 Å². The lowest BCUT2D eigenvalue weighted by molar-refractivity contribution is 0.405. The van der Waals surface area contributed by atoms with E-state index in [4.69, 9.17) is 10.5 Å². The third kappa shape index (κ3) is 3.80. The molecule has 6 heteroatoms. The number of rotatable bonds is 5. The van der Waals surface area contributed by atoms with E-state index in [-0.39, 0.29) is 6.54 Å². The Bertz CT molecular complexity index is 445. The molecule has 0 amide bonds. The third-order valence-corrected chi connectivity index (χ3v) is 2.79. The van der Waals surface area contributed by atoms with Crippen molar-refractivity contribution < 1.29 is 13.2 Å². The van der Waals surface area contributed by atoms with Crippen molar-refractivity contribution in [1.82, 2.24) is 4.72 Å². The highest BCUT2D eigenvalue weighted by Gasteiger charge is 2.12. The van der Waals surface area contributed by atoms with Crippen LogP contribution in [0.5, 0.6) is 5.75 Å². The molecule has 0 aliphatic rings. The summed E-state index contributed by atoms with van der Waals surface area (Å²) in [5.74, 6) is 0.658. The average molecular weight is 244 g/mol. The van der Waals surface area contributed by atoms with E-state index >= 15 is 0 Å². The Hall–Kier alpha value is -1.11. The molecule has 0 saturated carbocycles. The molecule has 0 aromatic heterocycles. The van der Waals surface area contributed by atoms with Crippen LogP contribution in [0, 0.1) is 0 Å². The number of nitrogens with one attached hydrogen (secondary N) is 1. The summed E-state index contributed by atoms with van der Waals surface area (Å²) in [5, 5.41) is 0. The van der Waals surface area contributed by atoms with Crippen molar-refractivity contribution in [3.63, 3.8) is 0 Å². The zero-order valence-corrected chi connectivity index (χ0v) is 10.1. The van der Waals surface area contributed by atoms with Gasteiger partial charge in [-0.1, -0.05) is 18.2 Å². The summed E-state index contributed by atoms with van der Waals surface area (Å²) in [6, 6.07) is 6.84. The molecule has 0 radical (unpaired) electrons. The Morgan fingerprint density at radius 1 is 1.44 bits per heavy atom. The Labute approximate surface area is 95.7 Å². The highest BCUT2D eigenvalue weighted by atomic mass is 32.2. The third-order valence-electron chi connectivity index (χ3n) is 2.10. The Kier molecular flexibility index (Phi) is 4.28. The number of hydrogen-bond acceptors (Lipinski definition) is 4. The summed E-state index contributed by atoms with van der Waals surface area (Å²) in [6.45, 7) is 0.152. The molecule has 0 fully saturated rings. The van der Waals surface area contributed by atoms with Gasteiger partial charge in [0.15, 0.2) is 0 Å². The van der Waals surface area contributed by atoms with E-state index in [2.05, 4.69) is 4.72 Å². The normalized spacial score (nSPS) is 13.4. The summed E-state index contributed by atoms with van der Waals surface area (Å²) in [6.07, 6.45) is 1.10. The Morgan fingerprint density at radius 2 is 2.06 bits per heavy atom. The number of methoxy groups -OCH3 is 1. The molecule has 0 spiro atoms. The Morgan fingerprint density at radius 3 is 2.62 bits per heavy atom. The quantitative estimate of drug-likeness (QED) is 0.777. The second kappa shape index (κ2) is 5.29. The van der Waals surface area contributed by atoms with Crippen LogP contribution in [-0.2, 0) is 10.0 Å². The number of sulfonamides is 1. The van der Waals surface area contributed by atoms with Gasteiger partial charge >= 0.3 is 0 Å². The number of ether oxygens (including phenoxy) is 1. The Balaban J connectivity index is 2.76. The van der Waals surface area contributed by atoms with Crippen LogP contribution in [0.2, 0.25) is 0 Å². The highest BCUT2D eigenvalue weighted by molar-refractivity contribution is 7.88.